The second-order valence-corrected chi connectivity index (χ2v) is 9.74. The van der Waals surface area contributed by atoms with Crippen LogP contribution in [-0.4, -0.2) is 81.3 Å². The quantitative estimate of drug-likeness (QED) is 0.390. The highest BCUT2D eigenvalue weighted by Gasteiger charge is 2.19. The van der Waals surface area contributed by atoms with Gasteiger partial charge in [0, 0.05) is 69.1 Å². The topological polar surface area (TPSA) is 45.2 Å². The predicted molar refractivity (Wildman–Crippen MR) is 139 cm³/mol. The molecule has 0 aromatic heterocycles. The van der Waals surface area contributed by atoms with Crippen molar-refractivity contribution in [3.05, 3.63) is 60.2 Å². The van der Waals surface area contributed by atoms with Gasteiger partial charge in [0.1, 0.15) is 0 Å². The maximum atomic E-state index is 11.9. The Morgan fingerprint density at radius 3 is 2.21 bits per heavy atom. The molecule has 34 heavy (non-hydrogen) atoms. The third kappa shape index (κ3) is 6.63. The normalized spacial score (nSPS) is 17.5. The second kappa shape index (κ2) is 12.4. The molecule has 2 aliphatic rings. The van der Waals surface area contributed by atoms with Gasteiger partial charge in [-0.1, -0.05) is 30.3 Å². The molecule has 0 spiro atoms. The maximum Gasteiger partial charge on any atom is 0.333 e. The minimum absolute atomic E-state index is 0.174. The lowest BCUT2D eigenvalue weighted by Crippen LogP contribution is -2.47. The van der Waals surface area contributed by atoms with Crippen molar-refractivity contribution in [2.45, 2.75) is 18.2 Å². The van der Waals surface area contributed by atoms with Gasteiger partial charge in [-0.15, -0.1) is 0 Å². The van der Waals surface area contributed by atoms with Crippen LogP contribution in [0.25, 0.3) is 11.1 Å². The number of methoxy groups -OCH3 is 1. The molecule has 0 aliphatic carbocycles. The molecule has 182 valence electrons. The van der Waals surface area contributed by atoms with Crippen LogP contribution in [0.3, 0.4) is 0 Å². The smallest absolute Gasteiger partial charge is 0.333 e. The SMILES string of the molecule is CCOC(=O)C1=CCN(Sc2ccc(-c3ccc(N4CCN(CCOC)CC4)cc3)cc2)CC1. The van der Waals surface area contributed by atoms with Crippen molar-refractivity contribution in [2.75, 3.05) is 71.0 Å². The summed E-state index contributed by atoms with van der Waals surface area (Å²) in [6.07, 6.45) is 2.72. The summed E-state index contributed by atoms with van der Waals surface area (Å²) in [7, 11) is 1.76. The summed E-state index contributed by atoms with van der Waals surface area (Å²) in [6.45, 7) is 9.97. The van der Waals surface area contributed by atoms with Crippen LogP contribution in [0.2, 0.25) is 0 Å². The fraction of sp³-hybridized carbons (Fsp3) is 0.444. The number of benzene rings is 2. The Kier molecular flexibility index (Phi) is 9.04. The second-order valence-electron chi connectivity index (χ2n) is 8.57. The van der Waals surface area contributed by atoms with Crippen LogP contribution in [0.5, 0.6) is 0 Å². The van der Waals surface area contributed by atoms with Gasteiger partial charge in [0.15, 0.2) is 0 Å². The van der Waals surface area contributed by atoms with Crippen molar-refractivity contribution in [3.63, 3.8) is 0 Å². The number of piperazine rings is 1. The molecule has 0 unspecified atom stereocenters. The van der Waals surface area contributed by atoms with E-state index in [2.05, 4.69) is 62.6 Å². The van der Waals surface area contributed by atoms with Gasteiger partial charge in [0.05, 0.1) is 13.2 Å². The number of carbonyl (C=O) groups is 1. The molecular weight excluding hydrogens is 446 g/mol. The Labute approximate surface area is 207 Å². The zero-order valence-electron chi connectivity index (χ0n) is 20.2. The summed E-state index contributed by atoms with van der Waals surface area (Å²) in [5.74, 6) is -0.174. The monoisotopic (exact) mass is 481 g/mol. The number of esters is 1. The van der Waals surface area contributed by atoms with E-state index in [0.29, 0.717) is 6.61 Å². The average Bonchev–Trinajstić information content (AvgIpc) is 2.89. The first-order valence-electron chi connectivity index (χ1n) is 12.1. The Balaban J connectivity index is 1.28. The van der Waals surface area contributed by atoms with E-state index >= 15 is 0 Å². The van der Waals surface area contributed by atoms with Crippen molar-refractivity contribution in [3.8, 4) is 11.1 Å². The number of hydrogen-bond acceptors (Lipinski definition) is 7. The van der Waals surface area contributed by atoms with Gasteiger partial charge in [-0.25, -0.2) is 9.10 Å². The van der Waals surface area contributed by atoms with E-state index in [1.54, 1.807) is 19.1 Å². The summed E-state index contributed by atoms with van der Waals surface area (Å²) in [4.78, 5) is 18.0. The van der Waals surface area contributed by atoms with E-state index in [9.17, 15) is 4.79 Å². The first kappa shape index (κ1) is 24.8. The molecule has 0 saturated carbocycles. The van der Waals surface area contributed by atoms with Gasteiger partial charge in [-0.2, -0.15) is 0 Å². The van der Waals surface area contributed by atoms with Gasteiger partial charge in [0.25, 0.3) is 0 Å². The molecule has 2 aromatic carbocycles. The standard InChI is InChI=1S/C27H35N3O3S/c1-3-33-27(31)24-12-14-30(15-13-24)34-26-10-6-23(7-11-26)22-4-8-25(9-5-22)29-18-16-28(17-19-29)20-21-32-2/h4-12H,3,13-21H2,1-2H3. The first-order valence-corrected chi connectivity index (χ1v) is 12.9. The van der Waals surface area contributed by atoms with Crippen LogP contribution < -0.4 is 4.90 Å². The summed E-state index contributed by atoms with van der Waals surface area (Å²) in [5, 5.41) is 0. The molecule has 1 saturated heterocycles. The molecule has 2 aliphatic heterocycles. The largest absolute Gasteiger partial charge is 0.463 e. The zero-order valence-corrected chi connectivity index (χ0v) is 21.1. The van der Waals surface area contributed by atoms with Gasteiger partial charge >= 0.3 is 5.97 Å². The Morgan fingerprint density at radius 2 is 1.62 bits per heavy atom. The van der Waals surface area contributed by atoms with E-state index in [0.717, 1.165) is 64.4 Å². The highest BCUT2D eigenvalue weighted by Crippen LogP contribution is 2.29. The molecule has 0 N–H and O–H groups in total. The number of carbonyl (C=O) groups excluding carboxylic acids is 1. The van der Waals surface area contributed by atoms with Gasteiger partial charge in [-0.05, 0) is 60.7 Å². The number of rotatable bonds is 9. The van der Waals surface area contributed by atoms with Crippen LogP contribution in [0.15, 0.2) is 65.1 Å². The molecule has 4 rings (SSSR count). The Morgan fingerprint density at radius 1 is 0.941 bits per heavy atom. The number of hydrogen-bond donors (Lipinski definition) is 0. The Hall–Kier alpha value is -2.32. The van der Waals surface area contributed by atoms with Crippen molar-refractivity contribution < 1.29 is 14.3 Å². The molecule has 7 heteroatoms. The molecular formula is C27H35N3O3S. The minimum atomic E-state index is -0.174. The summed E-state index contributed by atoms with van der Waals surface area (Å²) in [6, 6.07) is 17.7. The van der Waals surface area contributed by atoms with E-state index < -0.39 is 0 Å². The van der Waals surface area contributed by atoms with E-state index in [1.165, 1.54) is 21.7 Å². The molecule has 1 fully saturated rings. The van der Waals surface area contributed by atoms with E-state index in [1.807, 2.05) is 13.0 Å². The summed E-state index contributed by atoms with van der Waals surface area (Å²) < 4.78 is 12.6. The summed E-state index contributed by atoms with van der Waals surface area (Å²) in [5.41, 5.74) is 4.55. The predicted octanol–water partition coefficient (Wildman–Crippen LogP) is 4.32. The van der Waals surface area contributed by atoms with Gasteiger partial charge in [-0.3, -0.25) is 4.90 Å². The lowest BCUT2D eigenvalue weighted by atomic mass is 10.1. The molecule has 0 atom stereocenters. The molecule has 2 heterocycles. The average molecular weight is 482 g/mol. The number of ether oxygens (including phenoxy) is 2. The summed E-state index contributed by atoms with van der Waals surface area (Å²) >= 11 is 1.74. The van der Waals surface area contributed by atoms with Crippen molar-refractivity contribution >= 4 is 23.6 Å². The molecule has 0 amide bonds. The fourth-order valence-electron chi connectivity index (χ4n) is 4.31. The van der Waals surface area contributed by atoms with Crippen LogP contribution >= 0.6 is 11.9 Å². The molecule has 2 aromatic rings. The molecule has 6 nitrogen and oxygen atoms in total. The fourth-order valence-corrected chi connectivity index (χ4v) is 5.20. The van der Waals surface area contributed by atoms with E-state index in [-0.39, 0.29) is 5.97 Å². The third-order valence-electron chi connectivity index (χ3n) is 6.35. The molecule has 0 bridgehead atoms. The maximum absolute atomic E-state index is 11.9. The minimum Gasteiger partial charge on any atom is -0.463 e. The lowest BCUT2D eigenvalue weighted by molar-refractivity contribution is -0.138. The third-order valence-corrected chi connectivity index (χ3v) is 7.42. The van der Waals surface area contributed by atoms with Gasteiger partial charge < -0.3 is 14.4 Å². The lowest BCUT2D eigenvalue weighted by Gasteiger charge is -2.36. The highest BCUT2D eigenvalue weighted by atomic mass is 32.2. The number of nitrogens with zero attached hydrogens (tertiary/aromatic N) is 3. The van der Waals surface area contributed by atoms with Crippen molar-refractivity contribution in [1.29, 1.82) is 0 Å². The zero-order chi connectivity index (χ0) is 23.8. The first-order chi connectivity index (χ1) is 16.7. The van der Waals surface area contributed by atoms with Gasteiger partial charge in [0.2, 0.25) is 0 Å². The van der Waals surface area contributed by atoms with Crippen LogP contribution in [0, 0.1) is 0 Å². The van der Waals surface area contributed by atoms with Crippen molar-refractivity contribution in [2.24, 2.45) is 0 Å². The highest BCUT2D eigenvalue weighted by molar-refractivity contribution is 7.97. The van der Waals surface area contributed by atoms with Crippen LogP contribution in [0.4, 0.5) is 5.69 Å². The Bertz CT molecular complexity index is 954. The van der Waals surface area contributed by atoms with Crippen molar-refractivity contribution in [1.82, 2.24) is 9.21 Å². The molecule has 0 radical (unpaired) electrons. The van der Waals surface area contributed by atoms with E-state index in [4.69, 9.17) is 9.47 Å². The number of anilines is 1. The van der Waals surface area contributed by atoms with Crippen LogP contribution in [-0.2, 0) is 14.3 Å². The van der Waals surface area contributed by atoms with Crippen LogP contribution in [0.1, 0.15) is 13.3 Å².